The number of Topliss-reactive ketones (excluding diaryl/α,β-unsaturated/α-hetero) is 1. The first-order valence-electron chi connectivity index (χ1n) is 8.49. The van der Waals surface area contributed by atoms with Gasteiger partial charge in [-0.2, -0.15) is 4.73 Å². The smallest absolute Gasteiger partial charge is 0.335 e. The highest BCUT2D eigenvalue weighted by Gasteiger charge is 2.28. The van der Waals surface area contributed by atoms with Crippen LogP contribution in [-0.4, -0.2) is 36.1 Å². The van der Waals surface area contributed by atoms with Crippen molar-refractivity contribution in [3.05, 3.63) is 34.8 Å². The number of hydrogen-bond acceptors (Lipinski definition) is 7. The molecule has 1 aliphatic rings. The first kappa shape index (κ1) is 18.1. The number of fused-ring (bicyclic) bond motifs is 1. The molecule has 0 N–H and O–H groups in total. The van der Waals surface area contributed by atoms with E-state index in [2.05, 4.69) is 4.98 Å². The summed E-state index contributed by atoms with van der Waals surface area (Å²) in [5.74, 6) is -0.458. The average Bonchev–Trinajstić information content (AvgIpc) is 3.15. The third-order valence-electron chi connectivity index (χ3n) is 4.09. The molecule has 2 aromatic rings. The van der Waals surface area contributed by atoms with Crippen LogP contribution in [-0.2, 0) is 20.9 Å². The van der Waals surface area contributed by atoms with Crippen LogP contribution in [0.15, 0.2) is 18.2 Å². The quantitative estimate of drug-likeness (QED) is 0.334. The summed E-state index contributed by atoms with van der Waals surface area (Å²) in [5.41, 5.74) is 0.578. The van der Waals surface area contributed by atoms with E-state index in [1.54, 1.807) is 12.1 Å². The van der Waals surface area contributed by atoms with Crippen LogP contribution in [0.1, 0.15) is 42.9 Å². The number of rotatable bonds is 6. The number of ketones is 1. The van der Waals surface area contributed by atoms with Crippen molar-refractivity contribution in [1.29, 1.82) is 0 Å². The molecule has 1 saturated heterocycles. The van der Waals surface area contributed by atoms with Crippen molar-refractivity contribution in [3.63, 3.8) is 0 Å². The van der Waals surface area contributed by atoms with E-state index in [0.717, 1.165) is 6.42 Å². The molecule has 3 rings (SSSR count). The highest BCUT2D eigenvalue weighted by Crippen LogP contribution is 2.20. The Morgan fingerprint density at radius 2 is 2.23 bits per heavy atom. The lowest BCUT2D eigenvalue weighted by Gasteiger charge is -2.13. The number of ether oxygens (including phenoxy) is 3. The predicted molar refractivity (Wildman–Crippen MR) is 90.6 cm³/mol. The summed E-state index contributed by atoms with van der Waals surface area (Å²) in [6, 6.07) is 4.85. The van der Waals surface area contributed by atoms with Crippen molar-refractivity contribution in [3.8, 4) is 5.75 Å². The minimum atomic E-state index is -0.593. The summed E-state index contributed by atoms with van der Waals surface area (Å²) in [6.45, 7) is 3.82. The third kappa shape index (κ3) is 3.60. The highest BCUT2D eigenvalue weighted by molar-refractivity contribution is 5.93. The van der Waals surface area contributed by atoms with E-state index >= 15 is 0 Å². The third-order valence-corrected chi connectivity index (χ3v) is 4.09. The molecule has 8 nitrogen and oxygen atoms in total. The number of benzene rings is 1. The Labute approximate surface area is 150 Å². The van der Waals surface area contributed by atoms with Crippen LogP contribution in [0.5, 0.6) is 5.75 Å². The fraction of sp³-hybridized carbons (Fsp3) is 0.444. The number of esters is 1. The SMILES string of the molecule is CCOc1ccc2nc(COC(=O)C3CCCO3)c(C(C)=O)[n+]([O-])c2c1. The minimum absolute atomic E-state index is 0.121. The number of aromatic nitrogens is 2. The fourth-order valence-corrected chi connectivity index (χ4v) is 2.90. The lowest BCUT2D eigenvalue weighted by molar-refractivity contribution is -0.580. The molecule has 1 aliphatic heterocycles. The van der Waals surface area contributed by atoms with Gasteiger partial charge in [-0.15, -0.1) is 0 Å². The molecule has 1 unspecified atom stereocenters. The van der Waals surface area contributed by atoms with Gasteiger partial charge in [-0.25, -0.2) is 9.78 Å². The molecule has 0 aliphatic carbocycles. The van der Waals surface area contributed by atoms with Gasteiger partial charge in [0.2, 0.25) is 11.3 Å². The van der Waals surface area contributed by atoms with Gasteiger partial charge in [0.05, 0.1) is 12.7 Å². The number of hydrogen-bond donors (Lipinski definition) is 0. The second-order valence-corrected chi connectivity index (χ2v) is 5.95. The van der Waals surface area contributed by atoms with Crippen molar-refractivity contribution in [2.24, 2.45) is 0 Å². The van der Waals surface area contributed by atoms with Crippen molar-refractivity contribution < 1.29 is 28.5 Å². The van der Waals surface area contributed by atoms with Crippen LogP contribution in [0.2, 0.25) is 0 Å². The monoisotopic (exact) mass is 360 g/mol. The molecule has 1 atom stereocenters. The number of nitrogens with zero attached hydrogens (tertiary/aromatic N) is 2. The van der Waals surface area contributed by atoms with Gasteiger partial charge >= 0.3 is 5.97 Å². The maximum absolute atomic E-state index is 12.7. The Balaban J connectivity index is 1.93. The molecule has 0 radical (unpaired) electrons. The normalized spacial score (nSPS) is 16.6. The molecule has 26 heavy (non-hydrogen) atoms. The van der Waals surface area contributed by atoms with Crippen LogP contribution in [0.4, 0.5) is 0 Å². The summed E-state index contributed by atoms with van der Waals surface area (Å²) in [6.07, 6.45) is 0.810. The van der Waals surface area contributed by atoms with Crippen molar-refractivity contribution >= 4 is 22.8 Å². The number of carbonyl (C=O) groups is 2. The summed E-state index contributed by atoms with van der Waals surface area (Å²) < 4.78 is 16.4. The first-order chi connectivity index (χ1) is 12.5. The second kappa shape index (κ2) is 7.65. The minimum Gasteiger partial charge on any atom is -0.618 e. The lowest BCUT2D eigenvalue weighted by atomic mass is 10.2. The summed E-state index contributed by atoms with van der Waals surface area (Å²) in [4.78, 5) is 28.3. The van der Waals surface area contributed by atoms with Crippen LogP contribution in [0.25, 0.3) is 11.0 Å². The Hall–Kier alpha value is -2.74. The van der Waals surface area contributed by atoms with Crippen molar-refractivity contribution in [1.82, 2.24) is 4.98 Å². The zero-order chi connectivity index (χ0) is 18.7. The van der Waals surface area contributed by atoms with E-state index < -0.39 is 17.9 Å². The lowest BCUT2D eigenvalue weighted by Crippen LogP contribution is -2.37. The van der Waals surface area contributed by atoms with Gasteiger partial charge in [-0.3, -0.25) is 4.79 Å². The molecule has 0 bridgehead atoms. The largest absolute Gasteiger partial charge is 0.618 e. The second-order valence-electron chi connectivity index (χ2n) is 5.95. The van der Waals surface area contributed by atoms with Gasteiger partial charge in [-0.05, 0) is 31.9 Å². The summed E-state index contributed by atoms with van der Waals surface area (Å²) in [5, 5.41) is 12.7. The summed E-state index contributed by atoms with van der Waals surface area (Å²) >= 11 is 0. The van der Waals surface area contributed by atoms with Gasteiger partial charge < -0.3 is 19.4 Å². The highest BCUT2D eigenvalue weighted by atomic mass is 16.6. The topological polar surface area (TPSA) is 102 Å². The van der Waals surface area contributed by atoms with Gasteiger partial charge in [0.25, 0.3) is 5.69 Å². The maximum Gasteiger partial charge on any atom is 0.335 e. The molecule has 1 aromatic heterocycles. The van der Waals surface area contributed by atoms with Gasteiger partial charge in [-0.1, -0.05) is 0 Å². The van der Waals surface area contributed by atoms with Gasteiger partial charge in [0.1, 0.15) is 17.9 Å². The van der Waals surface area contributed by atoms with E-state index in [1.165, 1.54) is 13.0 Å². The van der Waals surface area contributed by atoms with Crippen molar-refractivity contribution in [2.75, 3.05) is 13.2 Å². The van der Waals surface area contributed by atoms with Crippen LogP contribution in [0.3, 0.4) is 0 Å². The predicted octanol–water partition coefficient (Wildman–Crippen LogP) is 1.69. The maximum atomic E-state index is 12.7. The van der Waals surface area contributed by atoms with Crippen LogP contribution >= 0.6 is 0 Å². The Morgan fingerprint density at radius 3 is 2.88 bits per heavy atom. The zero-order valence-corrected chi connectivity index (χ0v) is 14.7. The van der Waals surface area contributed by atoms with Gasteiger partial charge in [0.15, 0.2) is 11.8 Å². The van der Waals surface area contributed by atoms with E-state index in [4.69, 9.17) is 14.2 Å². The van der Waals surface area contributed by atoms with Gasteiger partial charge in [0, 0.05) is 13.5 Å². The fourth-order valence-electron chi connectivity index (χ4n) is 2.90. The standard InChI is InChI=1S/C18H20N2O6/c1-3-24-12-6-7-13-15(9-12)20(23)17(11(2)21)14(19-13)10-26-18(22)16-5-4-8-25-16/h6-7,9,16H,3-5,8,10H2,1-2H3. The first-order valence-corrected chi connectivity index (χ1v) is 8.49. The Morgan fingerprint density at radius 1 is 1.42 bits per heavy atom. The van der Waals surface area contributed by atoms with Crippen LogP contribution < -0.4 is 9.47 Å². The molecule has 0 amide bonds. The number of carbonyl (C=O) groups excluding carboxylic acids is 2. The molecule has 138 valence electrons. The van der Waals surface area contributed by atoms with E-state index in [1.807, 2.05) is 6.92 Å². The molecule has 8 heteroatoms. The molecule has 1 aromatic carbocycles. The summed E-state index contributed by atoms with van der Waals surface area (Å²) in [7, 11) is 0. The Kier molecular flexibility index (Phi) is 5.32. The molecule has 0 saturated carbocycles. The average molecular weight is 360 g/mol. The zero-order valence-electron chi connectivity index (χ0n) is 14.7. The molecule has 1 fully saturated rings. The van der Waals surface area contributed by atoms with E-state index in [0.29, 0.717) is 35.6 Å². The molecule has 0 spiro atoms. The molecular formula is C18H20N2O6. The van der Waals surface area contributed by atoms with Crippen molar-refractivity contribution in [2.45, 2.75) is 39.4 Å². The Bertz CT molecular complexity index is 845. The van der Waals surface area contributed by atoms with E-state index in [9.17, 15) is 14.8 Å². The van der Waals surface area contributed by atoms with E-state index in [-0.39, 0.29) is 23.5 Å². The molecular weight excluding hydrogens is 340 g/mol. The molecule has 2 heterocycles. The van der Waals surface area contributed by atoms with Crippen LogP contribution in [0, 0.1) is 5.21 Å².